The summed E-state index contributed by atoms with van der Waals surface area (Å²) >= 11 is 5.59. The number of benzene rings is 1. The fourth-order valence-electron chi connectivity index (χ4n) is 2.27. The van der Waals surface area contributed by atoms with Crippen LogP contribution >= 0.6 is 34.9 Å². The number of nitrogens with one attached hydrogen (secondary N) is 1. The van der Waals surface area contributed by atoms with Crippen LogP contribution in [0.15, 0.2) is 30.5 Å². The second kappa shape index (κ2) is 8.78. The van der Waals surface area contributed by atoms with Crippen molar-refractivity contribution in [2.24, 2.45) is 0 Å². The highest BCUT2D eigenvalue weighted by Crippen LogP contribution is 2.43. The summed E-state index contributed by atoms with van der Waals surface area (Å²) < 4.78 is 6.09. The molecule has 0 spiro atoms. The number of hydrogen-bond acceptors (Lipinski definition) is 6. The van der Waals surface area contributed by atoms with Gasteiger partial charge >= 0.3 is 0 Å². The minimum absolute atomic E-state index is 0.0318. The molecule has 2 heterocycles. The van der Waals surface area contributed by atoms with Gasteiger partial charge < -0.3 is 10.1 Å². The Hall–Kier alpha value is -1.18. The average molecular weight is 381 g/mol. The molecule has 128 valence electrons. The molecule has 0 aliphatic carbocycles. The molecule has 1 aromatic heterocycles. The van der Waals surface area contributed by atoms with Gasteiger partial charge in [0.05, 0.1) is 16.1 Å². The van der Waals surface area contributed by atoms with Gasteiger partial charge in [-0.25, -0.2) is 4.98 Å². The molecule has 1 fully saturated rings. The number of ether oxygens (including phenoxy) is 1. The summed E-state index contributed by atoms with van der Waals surface area (Å²) in [5.74, 6) is 3.07. The quantitative estimate of drug-likeness (QED) is 0.820. The molecule has 1 N–H and O–H groups in total. The van der Waals surface area contributed by atoms with E-state index in [0.717, 1.165) is 15.6 Å². The number of rotatable bonds is 6. The van der Waals surface area contributed by atoms with Crippen molar-refractivity contribution in [3.63, 3.8) is 0 Å². The first-order valence-electron chi connectivity index (χ1n) is 7.85. The van der Waals surface area contributed by atoms with Crippen LogP contribution < -0.4 is 10.1 Å². The van der Waals surface area contributed by atoms with Crippen LogP contribution in [0.4, 0.5) is 0 Å². The van der Waals surface area contributed by atoms with Crippen molar-refractivity contribution in [2.75, 3.05) is 18.1 Å². The van der Waals surface area contributed by atoms with E-state index in [1.165, 1.54) is 23.5 Å². The van der Waals surface area contributed by atoms with Crippen LogP contribution in [0.5, 0.6) is 5.75 Å². The summed E-state index contributed by atoms with van der Waals surface area (Å²) in [6.07, 6.45) is 3.09. The van der Waals surface area contributed by atoms with Crippen LogP contribution in [0.25, 0.3) is 0 Å². The summed E-state index contributed by atoms with van der Waals surface area (Å²) in [4.78, 5) is 17.1. The molecular weight excluding hydrogens is 360 g/mol. The fraction of sp³-hybridized carbons (Fsp3) is 0.412. The van der Waals surface area contributed by atoms with Gasteiger partial charge in [-0.2, -0.15) is 0 Å². The number of carbonyl (C=O) groups excluding carboxylic acids is 1. The van der Waals surface area contributed by atoms with Crippen molar-refractivity contribution < 1.29 is 9.53 Å². The van der Waals surface area contributed by atoms with Crippen molar-refractivity contribution in [3.05, 3.63) is 45.9 Å². The SMILES string of the molecule is Cc1ncc(CNC(=O)COc2ccc(C3SCCCS3)cc2)s1. The highest BCUT2D eigenvalue weighted by Gasteiger charge is 2.16. The van der Waals surface area contributed by atoms with Crippen molar-refractivity contribution in [1.29, 1.82) is 0 Å². The first-order valence-corrected chi connectivity index (χ1v) is 10.8. The molecule has 1 amide bonds. The molecule has 0 bridgehead atoms. The van der Waals surface area contributed by atoms with Crippen molar-refractivity contribution in [2.45, 2.75) is 24.5 Å². The molecule has 4 nitrogen and oxygen atoms in total. The maximum Gasteiger partial charge on any atom is 0.258 e. The van der Waals surface area contributed by atoms with E-state index < -0.39 is 0 Å². The first kappa shape index (κ1) is 17.6. The Kier molecular flexibility index (Phi) is 6.45. The smallest absolute Gasteiger partial charge is 0.258 e. The zero-order valence-electron chi connectivity index (χ0n) is 13.5. The van der Waals surface area contributed by atoms with E-state index in [1.807, 2.05) is 42.6 Å². The van der Waals surface area contributed by atoms with Crippen LogP contribution in [-0.4, -0.2) is 29.0 Å². The molecule has 0 radical (unpaired) electrons. The number of nitrogens with zero attached hydrogens (tertiary/aromatic N) is 1. The van der Waals surface area contributed by atoms with Gasteiger partial charge in [-0.1, -0.05) is 12.1 Å². The third-order valence-electron chi connectivity index (χ3n) is 3.48. The summed E-state index contributed by atoms with van der Waals surface area (Å²) in [5, 5.41) is 3.85. The van der Waals surface area contributed by atoms with Crippen molar-refractivity contribution in [1.82, 2.24) is 10.3 Å². The average Bonchev–Trinajstić information content (AvgIpc) is 3.05. The molecule has 0 unspecified atom stereocenters. The van der Waals surface area contributed by atoms with E-state index in [2.05, 4.69) is 22.4 Å². The minimum atomic E-state index is -0.122. The second-order valence-corrected chi connectivity index (χ2v) is 9.45. The summed E-state index contributed by atoms with van der Waals surface area (Å²) in [6, 6.07) is 8.10. The van der Waals surface area contributed by atoms with Gasteiger partial charge in [-0.05, 0) is 42.5 Å². The predicted octanol–water partition coefficient (Wildman–Crippen LogP) is 4.02. The number of thioether (sulfide) groups is 2. The van der Waals surface area contributed by atoms with Crippen LogP contribution in [-0.2, 0) is 11.3 Å². The third-order valence-corrected chi connectivity index (χ3v) is 7.41. The Morgan fingerprint density at radius 2 is 2.04 bits per heavy atom. The number of thiazole rings is 1. The second-order valence-electron chi connectivity index (χ2n) is 5.41. The number of aryl methyl sites for hydroxylation is 1. The molecule has 1 aromatic carbocycles. The highest BCUT2D eigenvalue weighted by atomic mass is 32.2. The zero-order chi connectivity index (χ0) is 16.8. The Balaban J connectivity index is 1.43. The summed E-state index contributed by atoms with van der Waals surface area (Å²) in [7, 11) is 0. The molecule has 7 heteroatoms. The van der Waals surface area contributed by atoms with Crippen molar-refractivity contribution in [3.8, 4) is 5.75 Å². The fourth-order valence-corrected chi connectivity index (χ4v) is 5.90. The van der Waals surface area contributed by atoms with E-state index in [-0.39, 0.29) is 12.5 Å². The number of amides is 1. The van der Waals surface area contributed by atoms with Gasteiger partial charge in [0, 0.05) is 11.1 Å². The molecular formula is C17H20N2O2S3. The van der Waals surface area contributed by atoms with Crippen molar-refractivity contribution >= 4 is 40.8 Å². The van der Waals surface area contributed by atoms with Gasteiger partial charge in [0.15, 0.2) is 6.61 Å². The van der Waals surface area contributed by atoms with Gasteiger partial charge in [0.1, 0.15) is 5.75 Å². The van der Waals surface area contributed by atoms with Gasteiger partial charge in [0.25, 0.3) is 5.91 Å². The largest absolute Gasteiger partial charge is 0.484 e. The van der Waals surface area contributed by atoms with E-state index >= 15 is 0 Å². The maximum atomic E-state index is 11.9. The lowest BCUT2D eigenvalue weighted by Crippen LogP contribution is -2.28. The lowest BCUT2D eigenvalue weighted by atomic mass is 10.2. The molecule has 0 atom stereocenters. The monoisotopic (exact) mass is 380 g/mol. The Bertz CT molecular complexity index is 667. The van der Waals surface area contributed by atoms with Crippen LogP contribution in [0, 0.1) is 6.92 Å². The zero-order valence-corrected chi connectivity index (χ0v) is 15.9. The Morgan fingerprint density at radius 1 is 1.29 bits per heavy atom. The highest BCUT2D eigenvalue weighted by molar-refractivity contribution is 8.16. The van der Waals surface area contributed by atoms with Gasteiger partial charge in [-0.3, -0.25) is 4.79 Å². The molecule has 2 aromatic rings. The number of carbonyl (C=O) groups is 1. The summed E-state index contributed by atoms with van der Waals surface area (Å²) in [6.45, 7) is 2.49. The minimum Gasteiger partial charge on any atom is -0.484 e. The van der Waals surface area contributed by atoms with E-state index in [0.29, 0.717) is 11.1 Å². The van der Waals surface area contributed by atoms with Crippen LogP contribution in [0.1, 0.15) is 26.5 Å². The number of aromatic nitrogens is 1. The van der Waals surface area contributed by atoms with E-state index in [9.17, 15) is 4.79 Å². The van der Waals surface area contributed by atoms with Crippen LogP contribution in [0.2, 0.25) is 0 Å². The molecule has 3 rings (SSSR count). The molecule has 1 saturated heterocycles. The molecule has 1 aliphatic rings. The summed E-state index contributed by atoms with van der Waals surface area (Å²) in [5.41, 5.74) is 1.32. The normalized spacial score (nSPS) is 15.2. The van der Waals surface area contributed by atoms with E-state index in [4.69, 9.17) is 4.74 Å². The van der Waals surface area contributed by atoms with E-state index in [1.54, 1.807) is 17.5 Å². The lowest BCUT2D eigenvalue weighted by Gasteiger charge is -2.21. The third kappa shape index (κ3) is 5.16. The molecule has 0 saturated carbocycles. The van der Waals surface area contributed by atoms with Gasteiger partial charge in [0.2, 0.25) is 0 Å². The predicted molar refractivity (Wildman–Crippen MR) is 103 cm³/mol. The lowest BCUT2D eigenvalue weighted by molar-refractivity contribution is -0.123. The molecule has 24 heavy (non-hydrogen) atoms. The Labute approximate surface area is 154 Å². The maximum absolute atomic E-state index is 11.9. The van der Waals surface area contributed by atoms with Gasteiger partial charge in [-0.15, -0.1) is 34.9 Å². The van der Waals surface area contributed by atoms with Crippen LogP contribution in [0.3, 0.4) is 0 Å². The first-order chi connectivity index (χ1) is 11.7. The Morgan fingerprint density at radius 3 is 2.71 bits per heavy atom. The topological polar surface area (TPSA) is 51.2 Å². The molecule has 1 aliphatic heterocycles. The number of hydrogen-bond donors (Lipinski definition) is 1. The standard InChI is InChI=1S/C17H20N2O2S3/c1-12-18-9-15(24-12)10-19-16(20)11-21-14-5-3-13(4-6-14)17-22-7-2-8-23-17/h3-6,9,17H,2,7-8,10-11H2,1H3,(H,19,20).